The van der Waals surface area contributed by atoms with Gasteiger partial charge in [0, 0.05) is 5.41 Å². The maximum absolute atomic E-state index is 12.2. The topological polar surface area (TPSA) is 87.7 Å². The molecule has 0 saturated heterocycles. The molecule has 4 N–H and O–H groups in total. The van der Waals surface area contributed by atoms with Crippen molar-refractivity contribution in [3.8, 4) is 0 Å². The fraction of sp³-hybridized carbons (Fsp3) is 0.833. The Kier molecular flexibility index (Phi) is 4.01. The van der Waals surface area contributed by atoms with Gasteiger partial charge in [-0.25, -0.2) is 0 Å². The molecule has 0 spiro atoms. The monoisotopic (exact) mass is 241 g/mol. The molecule has 5 heteroatoms. The molecular weight excluding hydrogens is 218 g/mol. The van der Waals surface area contributed by atoms with E-state index in [-0.39, 0.29) is 11.7 Å². The van der Waals surface area contributed by atoms with Gasteiger partial charge in [-0.05, 0) is 19.3 Å². The summed E-state index contributed by atoms with van der Waals surface area (Å²) in [6.07, 6.45) is 4.22. The van der Waals surface area contributed by atoms with Gasteiger partial charge in [0.2, 0.25) is 5.91 Å². The largest absolute Gasteiger partial charge is 0.409 e. The molecule has 17 heavy (non-hydrogen) atoms. The van der Waals surface area contributed by atoms with Gasteiger partial charge in [0.15, 0.2) is 5.84 Å². The molecule has 1 aliphatic rings. The Balaban J connectivity index is 2.86. The lowest BCUT2D eigenvalue weighted by Gasteiger charge is -2.33. The smallest absolute Gasteiger partial charge is 0.226 e. The van der Waals surface area contributed by atoms with Crippen LogP contribution in [0.5, 0.6) is 0 Å². The fourth-order valence-corrected chi connectivity index (χ4v) is 2.07. The van der Waals surface area contributed by atoms with Crippen molar-refractivity contribution >= 4 is 11.7 Å². The van der Waals surface area contributed by atoms with Crippen LogP contribution in [0.4, 0.5) is 0 Å². The number of nitrogens with one attached hydrogen (secondary N) is 1. The van der Waals surface area contributed by atoms with Crippen LogP contribution in [0.15, 0.2) is 5.16 Å². The lowest BCUT2D eigenvalue weighted by Crippen LogP contribution is -2.58. The van der Waals surface area contributed by atoms with Crippen LogP contribution in [-0.4, -0.2) is 22.5 Å². The second-order valence-corrected chi connectivity index (χ2v) is 5.47. The highest BCUT2D eigenvalue weighted by Gasteiger charge is 2.42. The molecule has 5 nitrogen and oxygen atoms in total. The van der Waals surface area contributed by atoms with Crippen LogP contribution in [0, 0.1) is 5.41 Å². The number of amidine groups is 1. The van der Waals surface area contributed by atoms with E-state index in [1.807, 2.05) is 20.8 Å². The van der Waals surface area contributed by atoms with E-state index in [1.54, 1.807) is 0 Å². The average molecular weight is 241 g/mol. The molecule has 0 aromatic carbocycles. The first-order valence-electron chi connectivity index (χ1n) is 6.18. The van der Waals surface area contributed by atoms with E-state index in [1.165, 1.54) is 0 Å². The van der Waals surface area contributed by atoms with E-state index in [9.17, 15) is 4.79 Å². The molecule has 1 saturated carbocycles. The zero-order valence-corrected chi connectivity index (χ0v) is 10.9. The third kappa shape index (κ3) is 2.70. The molecule has 1 aliphatic carbocycles. The van der Waals surface area contributed by atoms with Gasteiger partial charge < -0.3 is 16.3 Å². The summed E-state index contributed by atoms with van der Waals surface area (Å²) < 4.78 is 0. The summed E-state index contributed by atoms with van der Waals surface area (Å²) in [6.45, 7) is 5.78. The van der Waals surface area contributed by atoms with Crippen LogP contribution in [0.3, 0.4) is 0 Å². The fourth-order valence-electron chi connectivity index (χ4n) is 2.07. The molecule has 0 aromatic heterocycles. The zero-order chi connectivity index (χ0) is 13.1. The van der Waals surface area contributed by atoms with E-state index >= 15 is 0 Å². The van der Waals surface area contributed by atoms with Gasteiger partial charge in [-0.2, -0.15) is 0 Å². The van der Waals surface area contributed by atoms with Crippen molar-refractivity contribution < 1.29 is 10.0 Å². The second kappa shape index (κ2) is 4.94. The highest BCUT2D eigenvalue weighted by atomic mass is 16.4. The molecule has 1 fully saturated rings. The number of nitrogens with two attached hydrogens (primary N) is 1. The predicted molar refractivity (Wildman–Crippen MR) is 66.8 cm³/mol. The highest BCUT2D eigenvalue weighted by Crippen LogP contribution is 2.31. The summed E-state index contributed by atoms with van der Waals surface area (Å²) in [4.78, 5) is 12.2. The van der Waals surface area contributed by atoms with Crippen molar-refractivity contribution in [3.63, 3.8) is 0 Å². The first-order valence-corrected chi connectivity index (χ1v) is 6.18. The number of carbonyl (C=O) groups is 1. The Morgan fingerprint density at radius 2 is 2.00 bits per heavy atom. The van der Waals surface area contributed by atoms with Crippen molar-refractivity contribution in [1.29, 1.82) is 0 Å². The maximum atomic E-state index is 12.2. The summed E-state index contributed by atoms with van der Waals surface area (Å²) in [5.74, 6) is 0.0868. The van der Waals surface area contributed by atoms with Crippen LogP contribution in [-0.2, 0) is 4.79 Å². The molecule has 1 rings (SSSR count). The summed E-state index contributed by atoms with van der Waals surface area (Å²) in [5, 5.41) is 14.9. The Hall–Kier alpha value is -1.26. The molecule has 0 aliphatic heterocycles. The minimum Gasteiger partial charge on any atom is -0.409 e. The average Bonchev–Trinajstić information content (AvgIpc) is 2.77. The number of hydrogen-bond donors (Lipinski definition) is 3. The van der Waals surface area contributed by atoms with E-state index in [0.717, 1.165) is 32.1 Å². The molecule has 0 radical (unpaired) electrons. The SMILES string of the molecule is CCC(C)(C)C(=O)NC1(C(N)=NO)CCCC1. The second-order valence-electron chi connectivity index (χ2n) is 5.47. The van der Waals surface area contributed by atoms with Crippen molar-refractivity contribution in [2.24, 2.45) is 16.3 Å². The molecular formula is C12H23N3O2. The molecule has 0 atom stereocenters. The molecule has 1 amide bonds. The number of carbonyl (C=O) groups excluding carboxylic acids is 1. The van der Waals surface area contributed by atoms with Crippen LogP contribution >= 0.6 is 0 Å². The Morgan fingerprint density at radius 1 is 1.47 bits per heavy atom. The van der Waals surface area contributed by atoms with Gasteiger partial charge in [0.05, 0.1) is 0 Å². The minimum atomic E-state index is -0.641. The van der Waals surface area contributed by atoms with E-state index in [4.69, 9.17) is 10.9 Å². The van der Waals surface area contributed by atoms with Crippen molar-refractivity contribution in [2.75, 3.05) is 0 Å². The molecule has 0 aromatic rings. The van der Waals surface area contributed by atoms with Crippen LogP contribution in [0.25, 0.3) is 0 Å². The normalized spacial score (nSPS) is 20.3. The van der Waals surface area contributed by atoms with E-state index in [0.29, 0.717) is 0 Å². The van der Waals surface area contributed by atoms with E-state index < -0.39 is 11.0 Å². The number of oxime groups is 1. The van der Waals surface area contributed by atoms with Crippen LogP contribution in [0.2, 0.25) is 0 Å². The molecule has 0 heterocycles. The number of rotatable bonds is 4. The Morgan fingerprint density at radius 3 is 2.41 bits per heavy atom. The first kappa shape index (κ1) is 13.8. The summed E-state index contributed by atoms with van der Waals surface area (Å²) >= 11 is 0. The minimum absolute atomic E-state index is 0.0338. The molecule has 98 valence electrons. The van der Waals surface area contributed by atoms with E-state index in [2.05, 4.69) is 10.5 Å². The number of amides is 1. The van der Waals surface area contributed by atoms with Gasteiger partial charge in [-0.1, -0.05) is 38.8 Å². The molecule has 0 unspecified atom stereocenters. The Bertz CT molecular complexity index is 318. The van der Waals surface area contributed by atoms with Gasteiger partial charge in [-0.15, -0.1) is 0 Å². The summed E-state index contributed by atoms with van der Waals surface area (Å²) in [6, 6.07) is 0. The third-order valence-electron chi connectivity index (χ3n) is 3.91. The van der Waals surface area contributed by atoms with Gasteiger partial charge in [0.25, 0.3) is 0 Å². The zero-order valence-electron chi connectivity index (χ0n) is 10.9. The quantitative estimate of drug-likeness (QED) is 0.302. The Labute approximate surface area is 102 Å². The highest BCUT2D eigenvalue weighted by molar-refractivity contribution is 5.95. The standard InChI is InChI=1S/C12H23N3O2/c1-4-11(2,3)10(16)14-12(9(13)15-17)7-5-6-8-12/h17H,4-8H2,1-3H3,(H2,13,15)(H,14,16). The summed E-state index contributed by atoms with van der Waals surface area (Å²) in [5.41, 5.74) is 4.67. The van der Waals surface area contributed by atoms with Crippen molar-refractivity contribution in [1.82, 2.24) is 5.32 Å². The van der Waals surface area contributed by atoms with Gasteiger partial charge in [0.1, 0.15) is 5.54 Å². The molecule has 0 bridgehead atoms. The summed E-state index contributed by atoms with van der Waals surface area (Å²) in [7, 11) is 0. The number of hydrogen-bond acceptors (Lipinski definition) is 3. The predicted octanol–water partition coefficient (Wildman–Crippen LogP) is 1.60. The third-order valence-corrected chi connectivity index (χ3v) is 3.91. The lowest BCUT2D eigenvalue weighted by molar-refractivity contribution is -0.130. The van der Waals surface area contributed by atoms with Crippen LogP contribution in [0.1, 0.15) is 52.9 Å². The van der Waals surface area contributed by atoms with Crippen LogP contribution < -0.4 is 11.1 Å². The van der Waals surface area contributed by atoms with Crippen molar-refractivity contribution in [3.05, 3.63) is 0 Å². The maximum Gasteiger partial charge on any atom is 0.226 e. The first-order chi connectivity index (χ1) is 7.88. The van der Waals surface area contributed by atoms with Gasteiger partial charge >= 0.3 is 0 Å². The number of nitrogens with zero attached hydrogens (tertiary/aromatic N) is 1. The van der Waals surface area contributed by atoms with Gasteiger partial charge in [-0.3, -0.25) is 4.79 Å². The van der Waals surface area contributed by atoms with Crippen molar-refractivity contribution in [2.45, 2.75) is 58.4 Å². The lowest BCUT2D eigenvalue weighted by atomic mass is 9.86.